The number of hydrogen-bond acceptors (Lipinski definition) is 5. The molecule has 0 aliphatic rings. The molecule has 2 aromatic carbocycles. The predicted octanol–water partition coefficient (Wildman–Crippen LogP) is 5.85. The third-order valence-electron chi connectivity index (χ3n) is 4.11. The summed E-state index contributed by atoms with van der Waals surface area (Å²) < 4.78 is 7.47. The van der Waals surface area contributed by atoms with E-state index in [1.165, 1.54) is 5.56 Å². The molecule has 3 aromatic rings. The Kier molecular flexibility index (Phi) is 8.14. The number of nitrogens with zero attached hydrogens (tertiary/aromatic N) is 4. The third-order valence-corrected chi connectivity index (χ3v) is 5.35. The minimum Gasteiger partial charge on any atom is -0.494 e. The average Bonchev–Trinajstić information content (AvgIpc) is 3.13. The maximum atomic E-state index is 5.97. The second kappa shape index (κ2) is 11.0. The molecule has 0 N–H and O–H groups in total. The van der Waals surface area contributed by atoms with Gasteiger partial charge in [-0.3, -0.25) is 0 Å². The molecule has 0 aliphatic heterocycles. The Morgan fingerprint density at radius 2 is 1.79 bits per heavy atom. The Morgan fingerprint density at radius 3 is 2.48 bits per heavy atom. The lowest BCUT2D eigenvalue weighted by Crippen LogP contribution is -2.00. The topological polar surface area (TPSA) is 52.3 Å². The van der Waals surface area contributed by atoms with Crippen molar-refractivity contribution in [2.24, 2.45) is 5.10 Å². The minimum absolute atomic E-state index is 0.725. The summed E-state index contributed by atoms with van der Waals surface area (Å²) in [6.07, 6.45) is 4.64. The van der Waals surface area contributed by atoms with Gasteiger partial charge in [0.15, 0.2) is 5.82 Å². The van der Waals surface area contributed by atoms with Crippen LogP contribution in [0.25, 0.3) is 0 Å². The van der Waals surface area contributed by atoms with E-state index in [4.69, 9.17) is 16.3 Å². The molecule has 3 rings (SSSR count). The molecule has 0 fully saturated rings. The molecule has 0 atom stereocenters. The van der Waals surface area contributed by atoms with Crippen LogP contribution < -0.4 is 4.74 Å². The SMILES string of the molecule is CCCOc1ccc(/C=N/n2c(CCC)nnc2SCc2ccc(Cl)cc2)cc1. The van der Waals surface area contributed by atoms with Crippen molar-refractivity contribution in [1.29, 1.82) is 0 Å². The van der Waals surface area contributed by atoms with Crippen molar-refractivity contribution >= 4 is 29.6 Å². The van der Waals surface area contributed by atoms with E-state index in [2.05, 4.69) is 29.1 Å². The van der Waals surface area contributed by atoms with Gasteiger partial charge in [0.25, 0.3) is 0 Å². The van der Waals surface area contributed by atoms with Crippen LogP contribution in [0, 0.1) is 0 Å². The van der Waals surface area contributed by atoms with Gasteiger partial charge in [0.05, 0.1) is 12.8 Å². The molecule has 0 bridgehead atoms. The van der Waals surface area contributed by atoms with Gasteiger partial charge in [0, 0.05) is 17.2 Å². The molecule has 0 radical (unpaired) electrons. The van der Waals surface area contributed by atoms with E-state index in [-0.39, 0.29) is 0 Å². The first-order valence-electron chi connectivity index (χ1n) is 9.78. The Balaban J connectivity index is 1.73. The van der Waals surface area contributed by atoms with Gasteiger partial charge >= 0.3 is 0 Å². The summed E-state index contributed by atoms with van der Waals surface area (Å²) in [7, 11) is 0. The lowest BCUT2D eigenvalue weighted by molar-refractivity contribution is 0.317. The molecule has 29 heavy (non-hydrogen) atoms. The largest absolute Gasteiger partial charge is 0.494 e. The van der Waals surface area contributed by atoms with Crippen molar-refractivity contribution in [3.8, 4) is 5.75 Å². The summed E-state index contributed by atoms with van der Waals surface area (Å²) in [5, 5.41) is 14.8. The number of thioether (sulfide) groups is 1. The van der Waals surface area contributed by atoms with Gasteiger partial charge in [-0.2, -0.15) is 9.78 Å². The van der Waals surface area contributed by atoms with Crippen molar-refractivity contribution < 1.29 is 4.74 Å². The quantitative estimate of drug-likeness (QED) is 0.300. The van der Waals surface area contributed by atoms with Gasteiger partial charge in [-0.05, 0) is 60.4 Å². The molecule has 0 saturated carbocycles. The number of aromatic nitrogens is 3. The minimum atomic E-state index is 0.725. The van der Waals surface area contributed by atoms with Gasteiger partial charge in [0.1, 0.15) is 5.75 Å². The summed E-state index contributed by atoms with van der Waals surface area (Å²) >= 11 is 7.58. The fraction of sp³-hybridized carbons (Fsp3) is 0.318. The summed E-state index contributed by atoms with van der Waals surface area (Å²) in [6, 6.07) is 15.8. The van der Waals surface area contributed by atoms with E-state index in [9.17, 15) is 0 Å². The van der Waals surface area contributed by atoms with Crippen LogP contribution in [-0.4, -0.2) is 27.7 Å². The van der Waals surface area contributed by atoms with Crippen molar-refractivity contribution in [3.05, 3.63) is 70.5 Å². The monoisotopic (exact) mass is 428 g/mol. The molecule has 0 saturated heterocycles. The number of benzene rings is 2. The zero-order chi connectivity index (χ0) is 20.5. The zero-order valence-corrected chi connectivity index (χ0v) is 18.3. The standard InChI is InChI=1S/C22H25ClN4OS/c1-3-5-21-25-26-22(29-16-18-6-10-19(23)11-7-18)27(21)24-15-17-8-12-20(13-9-17)28-14-4-2/h6-13,15H,3-5,14,16H2,1-2H3/b24-15+. The third kappa shape index (κ3) is 6.34. The first-order valence-corrected chi connectivity index (χ1v) is 11.1. The van der Waals surface area contributed by atoms with Gasteiger partial charge in [-0.1, -0.05) is 49.3 Å². The average molecular weight is 429 g/mol. The van der Waals surface area contributed by atoms with Crippen LogP contribution in [0.3, 0.4) is 0 Å². The molecule has 152 valence electrons. The lowest BCUT2D eigenvalue weighted by Gasteiger charge is -2.05. The van der Waals surface area contributed by atoms with Gasteiger partial charge in [-0.15, -0.1) is 10.2 Å². The summed E-state index contributed by atoms with van der Waals surface area (Å²) in [6.45, 7) is 4.94. The highest BCUT2D eigenvalue weighted by Gasteiger charge is 2.11. The van der Waals surface area contributed by atoms with Crippen LogP contribution >= 0.6 is 23.4 Å². The van der Waals surface area contributed by atoms with E-state index in [0.717, 1.165) is 58.9 Å². The van der Waals surface area contributed by atoms with Gasteiger partial charge < -0.3 is 4.74 Å². The van der Waals surface area contributed by atoms with Crippen molar-refractivity contribution in [1.82, 2.24) is 14.9 Å². The normalized spacial score (nSPS) is 11.3. The molecule has 0 spiro atoms. The predicted molar refractivity (Wildman–Crippen MR) is 120 cm³/mol. The van der Waals surface area contributed by atoms with Crippen LogP contribution in [0.5, 0.6) is 5.75 Å². The number of aryl methyl sites for hydroxylation is 1. The molecule has 1 aromatic heterocycles. The van der Waals surface area contributed by atoms with Crippen molar-refractivity contribution in [3.63, 3.8) is 0 Å². The van der Waals surface area contributed by atoms with E-state index in [0.29, 0.717) is 0 Å². The molecule has 0 amide bonds. The highest BCUT2D eigenvalue weighted by molar-refractivity contribution is 7.98. The number of hydrogen-bond donors (Lipinski definition) is 0. The van der Waals surface area contributed by atoms with E-state index in [1.807, 2.05) is 59.4 Å². The summed E-state index contributed by atoms with van der Waals surface area (Å²) in [5.74, 6) is 2.52. The maximum absolute atomic E-state index is 5.97. The molecule has 0 aliphatic carbocycles. The van der Waals surface area contributed by atoms with Gasteiger partial charge in [0.2, 0.25) is 5.16 Å². The highest BCUT2D eigenvalue weighted by atomic mass is 35.5. The molecule has 1 heterocycles. The number of ether oxygens (including phenoxy) is 1. The van der Waals surface area contributed by atoms with Crippen molar-refractivity contribution in [2.45, 2.75) is 44.0 Å². The molecule has 5 nitrogen and oxygen atoms in total. The Morgan fingerprint density at radius 1 is 1.03 bits per heavy atom. The summed E-state index contributed by atoms with van der Waals surface area (Å²) in [5.41, 5.74) is 2.18. The van der Waals surface area contributed by atoms with Crippen LogP contribution in [0.1, 0.15) is 43.6 Å². The highest BCUT2D eigenvalue weighted by Crippen LogP contribution is 2.23. The Bertz CT molecular complexity index is 923. The van der Waals surface area contributed by atoms with Crippen LogP contribution in [0.2, 0.25) is 5.02 Å². The second-order valence-electron chi connectivity index (χ2n) is 6.54. The molecule has 0 unspecified atom stereocenters. The van der Waals surface area contributed by atoms with Gasteiger partial charge in [-0.25, -0.2) is 0 Å². The zero-order valence-electron chi connectivity index (χ0n) is 16.7. The van der Waals surface area contributed by atoms with Crippen LogP contribution in [0.15, 0.2) is 58.8 Å². The smallest absolute Gasteiger partial charge is 0.212 e. The Hall–Kier alpha value is -2.31. The number of rotatable bonds is 10. The van der Waals surface area contributed by atoms with E-state index in [1.54, 1.807) is 11.8 Å². The van der Waals surface area contributed by atoms with Crippen LogP contribution in [-0.2, 0) is 12.2 Å². The summed E-state index contributed by atoms with van der Waals surface area (Å²) in [4.78, 5) is 0. The molecular formula is C22H25ClN4OS. The maximum Gasteiger partial charge on any atom is 0.212 e. The van der Waals surface area contributed by atoms with Crippen molar-refractivity contribution in [2.75, 3.05) is 6.61 Å². The van der Waals surface area contributed by atoms with Crippen LogP contribution in [0.4, 0.5) is 0 Å². The van der Waals surface area contributed by atoms with E-state index >= 15 is 0 Å². The molecular weight excluding hydrogens is 404 g/mol. The molecule has 7 heteroatoms. The fourth-order valence-corrected chi connectivity index (χ4v) is 3.59. The fourth-order valence-electron chi connectivity index (χ4n) is 2.60. The second-order valence-corrected chi connectivity index (χ2v) is 7.92. The first kappa shape index (κ1) is 21.4. The Labute approximate surface area is 181 Å². The number of halogens is 1. The lowest BCUT2D eigenvalue weighted by atomic mass is 10.2. The van der Waals surface area contributed by atoms with E-state index < -0.39 is 0 Å². The first-order chi connectivity index (χ1) is 14.2.